The topological polar surface area (TPSA) is 58.2 Å². The maximum atomic E-state index is 12.0. The van der Waals surface area contributed by atoms with Crippen LogP contribution in [0.1, 0.15) is 5.56 Å². The number of carbonyl (C=O) groups is 2. The Labute approximate surface area is 126 Å². The molecule has 0 aliphatic carbocycles. The Balaban J connectivity index is 1.69. The van der Waals surface area contributed by atoms with Gasteiger partial charge in [0.1, 0.15) is 0 Å². The summed E-state index contributed by atoms with van der Waals surface area (Å²) in [5.74, 6) is 0.371. The van der Waals surface area contributed by atoms with Crippen molar-refractivity contribution >= 4 is 35.0 Å². The van der Waals surface area contributed by atoms with Crippen LogP contribution in [0, 0.1) is 0 Å². The van der Waals surface area contributed by atoms with Crippen LogP contribution in [0.5, 0.6) is 0 Å². The van der Waals surface area contributed by atoms with Crippen LogP contribution < -0.4 is 10.6 Å². The van der Waals surface area contributed by atoms with E-state index in [9.17, 15) is 9.59 Å². The fourth-order valence-electron chi connectivity index (χ4n) is 2.15. The molecule has 2 aromatic carbocycles. The van der Waals surface area contributed by atoms with Gasteiger partial charge in [-0.2, -0.15) is 0 Å². The Morgan fingerprint density at radius 3 is 2.81 bits per heavy atom. The molecule has 0 bridgehead atoms. The van der Waals surface area contributed by atoms with Crippen LogP contribution in [0.4, 0.5) is 11.4 Å². The highest BCUT2D eigenvalue weighted by atomic mass is 32.2. The van der Waals surface area contributed by atoms with Crippen molar-refractivity contribution in [1.82, 2.24) is 0 Å². The molecule has 0 atom stereocenters. The zero-order valence-electron chi connectivity index (χ0n) is 11.3. The second-order valence-electron chi connectivity index (χ2n) is 4.76. The summed E-state index contributed by atoms with van der Waals surface area (Å²) in [5.41, 5.74) is 2.45. The molecule has 0 saturated heterocycles. The molecule has 106 valence electrons. The largest absolute Gasteiger partial charge is 0.326 e. The molecule has 1 heterocycles. The molecule has 5 heteroatoms. The minimum absolute atomic E-state index is 0.00149. The number of carbonyl (C=O) groups excluding carboxylic acids is 2. The summed E-state index contributed by atoms with van der Waals surface area (Å²) in [4.78, 5) is 24.4. The minimum atomic E-state index is -0.0732. The van der Waals surface area contributed by atoms with Crippen molar-refractivity contribution < 1.29 is 9.59 Å². The van der Waals surface area contributed by atoms with Crippen LogP contribution in [0.2, 0.25) is 0 Å². The normalized spacial score (nSPS) is 13.2. The van der Waals surface area contributed by atoms with Gasteiger partial charge in [0, 0.05) is 10.6 Å². The Morgan fingerprint density at radius 2 is 2.00 bits per heavy atom. The monoisotopic (exact) mass is 298 g/mol. The summed E-state index contributed by atoms with van der Waals surface area (Å²) < 4.78 is 0. The van der Waals surface area contributed by atoms with Crippen molar-refractivity contribution in [3.05, 3.63) is 54.1 Å². The number of hydrogen-bond acceptors (Lipinski definition) is 3. The molecule has 3 rings (SSSR count). The summed E-state index contributed by atoms with van der Waals surface area (Å²) >= 11 is 1.51. The van der Waals surface area contributed by atoms with Crippen molar-refractivity contribution in [2.45, 2.75) is 11.3 Å². The molecule has 21 heavy (non-hydrogen) atoms. The van der Waals surface area contributed by atoms with Crippen LogP contribution in [0.25, 0.3) is 0 Å². The van der Waals surface area contributed by atoms with Gasteiger partial charge in [-0.1, -0.05) is 24.3 Å². The molecule has 1 aliphatic rings. The molecule has 2 N–H and O–H groups in total. The maximum absolute atomic E-state index is 12.0. The van der Waals surface area contributed by atoms with Crippen LogP contribution in [-0.4, -0.2) is 17.6 Å². The standard InChI is InChI=1S/C16H14N2O2S/c19-15(17-12-4-2-1-3-5-12)9-11-6-7-14-13(8-11)18-16(20)10-21-14/h1-8H,9-10H2,(H,17,19)(H,18,20). The van der Waals surface area contributed by atoms with Crippen molar-refractivity contribution in [3.63, 3.8) is 0 Å². The van der Waals surface area contributed by atoms with Gasteiger partial charge in [0.25, 0.3) is 0 Å². The van der Waals surface area contributed by atoms with E-state index in [0.717, 1.165) is 21.8 Å². The summed E-state index contributed by atoms with van der Waals surface area (Å²) in [5, 5.41) is 5.68. The summed E-state index contributed by atoms with van der Waals surface area (Å²) in [6.45, 7) is 0. The highest BCUT2D eigenvalue weighted by molar-refractivity contribution is 8.00. The molecule has 0 aromatic heterocycles. The number of fused-ring (bicyclic) bond motifs is 1. The molecular formula is C16H14N2O2S. The minimum Gasteiger partial charge on any atom is -0.326 e. The van der Waals surface area contributed by atoms with E-state index in [4.69, 9.17) is 0 Å². The summed E-state index contributed by atoms with van der Waals surface area (Å²) in [7, 11) is 0. The van der Waals surface area contributed by atoms with Gasteiger partial charge in [-0.05, 0) is 29.8 Å². The summed E-state index contributed by atoms with van der Waals surface area (Å²) in [6.07, 6.45) is 0.280. The van der Waals surface area contributed by atoms with E-state index >= 15 is 0 Å². The van der Waals surface area contributed by atoms with Gasteiger partial charge >= 0.3 is 0 Å². The smallest absolute Gasteiger partial charge is 0.234 e. The Hall–Kier alpha value is -2.27. The number of hydrogen-bond donors (Lipinski definition) is 2. The van der Waals surface area contributed by atoms with E-state index in [-0.39, 0.29) is 18.2 Å². The van der Waals surface area contributed by atoms with Crippen LogP contribution in [0.3, 0.4) is 0 Å². The molecular weight excluding hydrogens is 284 g/mol. The first-order chi connectivity index (χ1) is 10.2. The highest BCUT2D eigenvalue weighted by Crippen LogP contribution is 2.32. The fraction of sp³-hybridized carbons (Fsp3) is 0.125. The van der Waals surface area contributed by atoms with E-state index < -0.39 is 0 Å². The Kier molecular flexibility index (Phi) is 3.92. The van der Waals surface area contributed by atoms with Crippen LogP contribution in [0.15, 0.2) is 53.4 Å². The lowest BCUT2D eigenvalue weighted by Crippen LogP contribution is -2.19. The quantitative estimate of drug-likeness (QED) is 0.916. The van der Waals surface area contributed by atoms with E-state index in [1.807, 2.05) is 48.5 Å². The fourth-order valence-corrected chi connectivity index (χ4v) is 2.94. The first kappa shape index (κ1) is 13.7. The third-order valence-corrected chi connectivity index (χ3v) is 4.17. The average molecular weight is 298 g/mol. The van der Waals surface area contributed by atoms with Gasteiger partial charge in [-0.25, -0.2) is 0 Å². The second kappa shape index (κ2) is 6.01. The maximum Gasteiger partial charge on any atom is 0.234 e. The van der Waals surface area contributed by atoms with E-state index in [1.54, 1.807) is 0 Å². The second-order valence-corrected chi connectivity index (χ2v) is 5.78. The van der Waals surface area contributed by atoms with Crippen molar-refractivity contribution in [1.29, 1.82) is 0 Å². The highest BCUT2D eigenvalue weighted by Gasteiger charge is 2.16. The zero-order chi connectivity index (χ0) is 14.7. The number of amides is 2. The van der Waals surface area contributed by atoms with Crippen LogP contribution in [-0.2, 0) is 16.0 Å². The predicted octanol–water partition coefficient (Wildman–Crippen LogP) is 2.91. The Morgan fingerprint density at radius 1 is 1.19 bits per heavy atom. The van der Waals surface area contributed by atoms with Gasteiger partial charge in [-0.15, -0.1) is 11.8 Å². The molecule has 0 saturated carbocycles. The van der Waals surface area contributed by atoms with Crippen molar-refractivity contribution in [3.8, 4) is 0 Å². The molecule has 0 unspecified atom stereocenters. The van der Waals surface area contributed by atoms with E-state index in [1.165, 1.54) is 11.8 Å². The molecule has 4 nitrogen and oxygen atoms in total. The summed E-state index contributed by atoms with van der Waals surface area (Å²) in [6, 6.07) is 15.1. The van der Waals surface area contributed by atoms with E-state index in [0.29, 0.717) is 5.75 Å². The SMILES string of the molecule is O=C(Cc1ccc2c(c1)NC(=O)CS2)Nc1ccccc1. The zero-order valence-corrected chi connectivity index (χ0v) is 12.1. The molecule has 2 aromatic rings. The lowest BCUT2D eigenvalue weighted by atomic mass is 10.1. The number of nitrogens with one attached hydrogen (secondary N) is 2. The van der Waals surface area contributed by atoms with Gasteiger partial charge in [-0.3, -0.25) is 9.59 Å². The number of benzene rings is 2. The number of para-hydroxylation sites is 1. The third kappa shape index (κ3) is 3.44. The van der Waals surface area contributed by atoms with Gasteiger partial charge in [0.15, 0.2) is 0 Å². The van der Waals surface area contributed by atoms with Crippen molar-refractivity contribution in [2.75, 3.05) is 16.4 Å². The van der Waals surface area contributed by atoms with Gasteiger partial charge < -0.3 is 10.6 Å². The van der Waals surface area contributed by atoms with Gasteiger partial charge in [0.05, 0.1) is 17.9 Å². The number of anilines is 2. The van der Waals surface area contributed by atoms with Crippen molar-refractivity contribution in [2.24, 2.45) is 0 Å². The predicted molar refractivity (Wildman–Crippen MR) is 84.6 cm³/mol. The lowest BCUT2D eigenvalue weighted by molar-refractivity contribution is -0.115. The number of rotatable bonds is 3. The van der Waals surface area contributed by atoms with Crippen LogP contribution >= 0.6 is 11.8 Å². The lowest BCUT2D eigenvalue weighted by Gasteiger charge is -2.17. The first-order valence-corrected chi connectivity index (χ1v) is 7.60. The Bertz CT molecular complexity index is 686. The van der Waals surface area contributed by atoms with Gasteiger partial charge in [0.2, 0.25) is 11.8 Å². The molecule has 0 spiro atoms. The van der Waals surface area contributed by atoms with E-state index in [2.05, 4.69) is 10.6 Å². The molecule has 0 radical (unpaired) electrons. The average Bonchev–Trinajstić information content (AvgIpc) is 2.47. The molecule has 0 fully saturated rings. The third-order valence-electron chi connectivity index (χ3n) is 3.10. The number of thioether (sulfide) groups is 1. The molecule has 1 aliphatic heterocycles. The molecule has 2 amide bonds. The first-order valence-electron chi connectivity index (χ1n) is 6.61.